The lowest BCUT2D eigenvalue weighted by atomic mass is 9.85. The first kappa shape index (κ1) is 65.0. The fourth-order valence-electron chi connectivity index (χ4n) is 11.9. The molecule has 4 aromatic carbocycles. The van der Waals surface area contributed by atoms with Crippen LogP contribution in [0.2, 0.25) is 0 Å². The molecule has 11 N–H and O–H groups in total. The van der Waals surface area contributed by atoms with Gasteiger partial charge in [0, 0.05) is 54.4 Å². The van der Waals surface area contributed by atoms with E-state index in [9.17, 15) is 62.6 Å². The number of aromatic nitrogens is 2. The maximum absolute atomic E-state index is 14.6. The minimum absolute atomic E-state index is 0.00292. The average molecular weight is 1260 g/mol. The summed E-state index contributed by atoms with van der Waals surface area (Å²) >= 11 is 1.55. The number of aliphatic hydroxyl groups excluding tert-OH is 1. The molecule has 3 aliphatic heterocycles. The summed E-state index contributed by atoms with van der Waals surface area (Å²) < 4.78 is 11.6. The molecule has 25 heteroatoms. The number of aliphatic hydroxyl groups is 1. The number of H-pyrrole nitrogens is 1. The minimum atomic E-state index is -5.08. The van der Waals surface area contributed by atoms with E-state index in [0.717, 1.165) is 38.4 Å². The summed E-state index contributed by atoms with van der Waals surface area (Å²) in [4.78, 5) is 153. The molecule has 0 bridgehead atoms. The second kappa shape index (κ2) is 27.1. The van der Waals surface area contributed by atoms with E-state index in [0.29, 0.717) is 59.9 Å². The largest absolute Gasteiger partial charge is 0.396 e. The van der Waals surface area contributed by atoms with Crippen LogP contribution in [0.3, 0.4) is 0 Å². The van der Waals surface area contributed by atoms with Crippen LogP contribution in [0.25, 0.3) is 21.3 Å². The Morgan fingerprint density at radius 2 is 1.58 bits per heavy atom. The molecule has 0 unspecified atom stereocenters. The van der Waals surface area contributed by atoms with Crippen molar-refractivity contribution in [3.63, 3.8) is 0 Å². The van der Waals surface area contributed by atoms with E-state index in [4.69, 9.17) is 5.73 Å². The van der Waals surface area contributed by atoms with Gasteiger partial charge in [-0.1, -0.05) is 81.8 Å². The number of primary amides is 1. The summed E-state index contributed by atoms with van der Waals surface area (Å²) in [5.74, 6) is -4.47. The maximum atomic E-state index is 14.6. The Morgan fingerprint density at radius 3 is 2.28 bits per heavy atom. The van der Waals surface area contributed by atoms with Gasteiger partial charge >= 0.3 is 7.60 Å². The van der Waals surface area contributed by atoms with Gasteiger partial charge in [-0.05, 0) is 128 Å². The van der Waals surface area contributed by atoms with Gasteiger partial charge in [-0.3, -0.25) is 52.6 Å². The Labute approximate surface area is 518 Å². The number of carbonyl (C=O) groups excluding carboxylic acids is 9. The monoisotopic (exact) mass is 1250 g/mol. The first-order valence-electron chi connectivity index (χ1n) is 29.7. The third kappa shape index (κ3) is 15.0. The van der Waals surface area contributed by atoms with Gasteiger partial charge in [0.05, 0.1) is 33.9 Å². The number of thiazole rings is 1. The molecule has 1 fully saturated rings. The number of rotatable bonds is 23. The van der Waals surface area contributed by atoms with Gasteiger partial charge in [0.15, 0.2) is 0 Å². The number of amides is 8. The maximum Gasteiger partial charge on any atom is 0.396 e. The van der Waals surface area contributed by atoms with Crippen LogP contribution in [-0.4, -0.2) is 125 Å². The van der Waals surface area contributed by atoms with Crippen molar-refractivity contribution in [3.8, 4) is 10.4 Å². The summed E-state index contributed by atoms with van der Waals surface area (Å²) in [7, 11) is -5.08. The van der Waals surface area contributed by atoms with Gasteiger partial charge in [0.1, 0.15) is 35.9 Å². The predicted molar refractivity (Wildman–Crippen MR) is 334 cm³/mol. The lowest BCUT2D eigenvalue weighted by molar-refractivity contribution is -0.144. The number of aryl methyl sites for hydroxylation is 3. The number of nitrogens with two attached hydrogens (primary N) is 1. The summed E-state index contributed by atoms with van der Waals surface area (Å²) in [5.41, 5.74) is 12.3. The Hall–Kier alpha value is -8.41. The Balaban J connectivity index is 0.782. The number of anilines is 2. The van der Waals surface area contributed by atoms with Crippen molar-refractivity contribution in [2.45, 2.75) is 155 Å². The molecule has 0 aliphatic carbocycles. The number of likely N-dealkylation sites (tertiary alicyclic amines) is 1. The minimum Gasteiger partial charge on any atom is -0.391 e. The van der Waals surface area contributed by atoms with Crippen LogP contribution in [0.15, 0.2) is 90.4 Å². The average Bonchev–Trinajstić information content (AvgIpc) is 1.63. The second-order valence-electron chi connectivity index (χ2n) is 24.3. The van der Waals surface area contributed by atoms with Crippen LogP contribution < -0.4 is 37.2 Å². The number of nitrogens with one attached hydrogen (secondary N) is 6. The molecular weight excluding hydrogens is 1180 g/mol. The van der Waals surface area contributed by atoms with Gasteiger partial charge in [-0.15, -0.1) is 11.3 Å². The van der Waals surface area contributed by atoms with Crippen molar-refractivity contribution in [2.24, 2.45) is 11.1 Å². The van der Waals surface area contributed by atoms with Crippen LogP contribution in [0.5, 0.6) is 0 Å². The number of benzene rings is 4. The quantitative estimate of drug-likeness (QED) is 0.0256. The van der Waals surface area contributed by atoms with E-state index in [-0.39, 0.29) is 62.2 Å². The molecule has 0 radical (unpaired) electrons. The Bertz CT molecular complexity index is 3800. The summed E-state index contributed by atoms with van der Waals surface area (Å²) in [5, 5.41) is 25.5. The van der Waals surface area contributed by atoms with Crippen molar-refractivity contribution in [1.29, 1.82) is 0 Å². The highest BCUT2D eigenvalue weighted by Crippen LogP contribution is 2.41. The van der Waals surface area contributed by atoms with Crippen molar-refractivity contribution < 1.29 is 62.6 Å². The standard InChI is InChI=1S/C64H75N10O13PS/c1-34-37(12-8-7-9-17-53(77)72-56(64(4,5)6)62(83)73-32-44(75)31-50(73)59(80)67-35(2)38-18-20-40(21-19-38)55-36(3)66-33-89-55)13-11-16-45(34)69-57(78)47(26-27-52(65)76)70-60(81)51-30-41-15-10-14-39-22-25-48(61(82)74(51)54(39)41)71-58(79)49-29-43-28-42(23-24-46(43)68-49)63(84)88(85,86)87/h10-11,13-16,18-21,23-24,28-29,33,35,44,47-48,50-51,56,68,75H,7-9,12,17,22,25-27,30-32H2,1-6H3,(H2,65,76)(H,67,80)(H,69,78)(H,70,81)(H,71,79)(H,72,77)(H2,85,86,87)/t35-,44+,47-,48-,50-,51-,56+/m0/s1. The molecule has 6 aromatic rings. The number of carbonyl (C=O) groups is 9. The van der Waals surface area contributed by atoms with Crippen LogP contribution >= 0.6 is 18.9 Å². The van der Waals surface area contributed by atoms with Crippen LogP contribution in [0.4, 0.5) is 11.4 Å². The molecule has 1 saturated heterocycles. The topological polar surface area (TPSA) is 353 Å². The second-order valence-corrected chi connectivity index (χ2v) is 26.7. The fourth-order valence-corrected chi connectivity index (χ4v) is 13.2. The van der Waals surface area contributed by atoms with Gasteiger partial charge < -0.3 is 57.1 Å². The normalized spacial score (nSPS) is 18.3. The molecule has 8 amide bonds. The fraction of sp³-hybridized carbons (Fsp3) is 0.406. The summed E-state index contributed by atoms with van der Waals surface area (Å²) in [6, 6.07) is 18.1. The smallest absolute Gasteiger partial charge is 0.391 e. The first-order chi connectivity index (χ1) is 42.2. The van der Waals surface area contributed by atoms with Crippen LogP contribution in [-0.2, 0) is 57.4 Å². The van der Waals surface area contributed by atoms with Crippen LogP contribution in [0.1, 0.15) is 139 Å². The lowest BCUT2D eigenvalue weighted by Crippen LogP contribution is -2.57. The summed E-state index contributed by atoms with van der Waals surface area (Å²) in [6.45, 7) is 11.1. The number of aromatic amines is 1. The van der Waals surface area contributed by atoms with Gasteiger partial charge in [-0.25, -0.2) is 4.98 Å². The molecule has 470 valence electrons. The van der Waals surface area contributed by atoms with E-state index in [1.807, 2.05) is 84.0 Å². The number of para-hydroxylation sites is 1. The molecule has 89 heavy (non-hydrogen) atoms. The molecule has 0 spiro atoms. The van der Waals surface area contributed by atoms with E-state index in [1.165, 1.54) is 34.1 Å². The van der Waals surface area contributed by atoms with Crippen molar-refractivity contribution in [2.75, 3.05) is 16.8 Å². The van der Waals surface area contributed by atoms with Gasteiger partial charge in [0.2, 0.25) is 41.4 Å². The molecule has 23 nitrogen and oxygen atoms in total. The number of β-amino-alcohol motifs (C(OH)–C–C–N with tert-alkyl or cyclic N) is 1. The zero-order valence-corrected chi connectivity index (χ0v) is 52.1. The third-order valence-electron chi connectivity index (χ3n) is 16.8. The third-order valence-corrected chi connectivity index (χ3v) is 18.6. The van der Waals surface area contributed by atoms with E-state index < -0.39 is 102 Å². The Morgan fingerprint density at radius 1 is 0.865 bits per heavy atom. The van der Waals surface area contributed by atoms with Crippen molar-refractivity contribution in [3.05, 3.63) is 135 Å². The molecule has 3 aliphatic rings. The highest BCUT2D eigenvalue weighted by Gasteiger charge is 2.47. The zero-order chi connectivity index (χ0) is 64.2. The SMILES string of the molecule is Cc1ncsc1-c1ccc([C@H](C)NC(=O)[C@@H]2C[C@@H](O)CN2C(=O)[C@@H](NC(=O)CCCCCc2cccc(NC(=O)[C@H](CCC(N)=O)NC(=O)[C@@H]3Cc4cccc5c4N3C(=O)[C@@H](NC(=O)c3cc4cc(C(=O)P(=O)(O)O)ccc4[nH]3)CC5)c2C)C(C)(C)C)cc1. The lowest BCUT2D eigenvalue weighted by Gasteiger charge is -2.35. The predicted octanol–water partition coefficient (Wildman–Crippen LogP) is 6.09. The van der Waals surface area contributed by atoms with E-state index in [2.05, 4.69) is 36.6 Å². The zero-order valence-electron chi connectivity index (χ0n) is 50.4. The Kier molecular flexibility index (Phi) is 19.8. The first-order valence-corrected chi connectivity index (χ1v) is 32.2. The molecule has 0 saturated carbocycles. The number of hydrogen-bond acceptors (Lipinski definition) is 13. The van der Waals surface area contributed by atoms with E-state index in [1.54, 1.807) is 35.0 Å². The van der Waals surface area contributed by atoms with Crippen LogP contribution in [0, 0.1) is 19.3 Å². The number of hydrogen-bond donors (Lipinski definition) is 10. The molecule has 9 rings (SSSR count). The van der Waals surface area contributed by atoms with Crippen molar-refractivity contribution >= 4 is 94.0 Å². The van der Waals surface area contributed by atoms with Gasteiger partial charge in [-0.2, -0.15) is 0 Å². The molecule has 7 atom stereocenters. The number of unbranched alkanes of at least 4 members (excludes halogenated alkanes) is 2. The number of nitrogens with zero attached hydrogens (tertiary/aromatic N) is 3. The summed E-state index contributed by atoms with van der Waals surface area (Å²) in [6.07, 6.45) is 1.86. The molecule has 2 aromatic heterocycles. The van der Waals surface area contributed by atoms with Gasteiger partial charge in [0.25, 0.3) is 11.4 Å². The van der Waals surface area contributed by atoms with E-state index >= 15 is 0 Å². The molecular formula is C64H75N10O13PS. The van der Waals surface area contributed by atoms with Crippen molar-refractivity contribution in [1.82, 2.24) is 36.1 Å². The molecule has 5 heterocycles. The number of fused-ring (bicyclic) bond motifs is 1. The highest BCUT2D eigenvalue weighted by molar-refractivity contribution is 7.70. The highest BCUT2D eigenvalue weighted by atomic mass is 32.1.